The summed E-state index contributed by atoms with van der Waals surface area (Å²) in [6.45, 7) is 6.95. The monoisotopic (exact) mass is 413 g/mol. The molecule has 2 amide bonds. The highest BCUT2D eigenvalue weighted by Gasteiger charge is 2.13. The van der Waals surface area contributed by atoms with E-state index >= 15 is 0 Å². The van der Waals surface area contributed by atoms with Gasteiger partial charge in [0.25, 0.3) is 5.91 Å². The summed E-state index contributed by atoms with van der Waals surface area (Å²) < 4.78 is 10.7. The Kier molecular flexibility index (Phi) is 8.53. The third-order valence-corrected chi connectivity index (χ3v) is 4.42. The van der Waals surface area contributed by atoms with Gasteiger partial charge in [-0.3, -0.25) is 20.4 Å². The number of anilines is 1. The fourth-order valence-corrected chi connectivity index (χ4v) is 2.61. The molecule has 7 nitrogen and oxygen atoms in total. The minimum absolute atomic E-state index is 0.0419. The van der Waals surface area contributed by atoms with E-state index in [1.165, 1.54) is 5.56 Å². The highest BCUT2D eigenvalue weighted by Crippen LogP contribution is 2.24. The first-order chi connectivity index (χ1) is 14.3. The predicted molar refractivity (Wildman–Crippen MR) is 118 cm³/mol. The van der Waals surface area contributed by atoms with E-state index in [9.17, 15) is 9.59 Å². The van der Waals surface area contributed by atoms with Crippen LogP contribution in [0.3, 0.4) is 0 Å². The SMILES string of the molecule is COc1ccc(NCC(=O)NNC(=O)CCCOc2ccc(C(C)(C)C)cc2)cc1. The Labute approximate surface area is 178 Å². The Morgan fingerprint density at radius 2 is 1.47 bits per heavy atom. The number of hydrazine groups is 1. The fraction of sp³-hybridized carbons (Fsp3) is 0.391. The van der Waals surface area contributed by atoms with Crippen molar-refractivity contribution in [2.75, 3.05) is 25.6 Å². The van der Waals surface area contributed by atoms with E-state index in [1.807, 2.05) is 12.1 Å². The molecule has 0 atom stereocenters. The maximum atomic E-state index is 11.8. The molecule has 2 rings (SSSR count). The summed E-state index contributed by atoms with van der Waals surface area (Å²) in [6.07, 6.45) is 0.805. The molecular formula is C23H31N3O4. The Morgan fingerprint density at radius 1 is 0.867 bits per heavy atom. The number of hydrogen-bond acceptors (Lipinski definition) is 5. The molecule has 3 N–H and O–H groups in total. The van der Waals surface area contributed by atoms with E-state index < -0.39 is 0 Å². The van der Waals surface area contributed by atoms with Crippen LogP contribution in [0.5, 0.6) is 11.5 Å². The van der Waals surface area contributed by atoms with Crippen molar-refractivity contribution in [3.05, 3.63) is 54.1 Å². The second kappa shape index (κ2) is 11.1. The van der Waals surface area contributed by atoms with Gasteiger partial charge in [0.1, 0.15) is 11.5 Å². The summed E-state index contributed by atoms with van der Waals surface area (Å²) in [7, 11) is 1.59. The number of carbonyl (C=O) groups excluding carboxylic acids is 2. The molecular weight excluding hydrogens is 382 g/mol. The highest BCUT2D eigenvalue weighted by molar-refractivity contribution is 5.84. The molecule has 30 heavy (non-hydrogen) atoms. The van der Waals surface area contributed by atoms with E-state index in [1.54, 1.807) is 31.4 Å². The van der Waals surface area contributed by atoms with Gasteiger partial charge in [0.15, 0.2) is 0 Å². The molecule has 2 aromatic rings. The molecule has 162 valence electrons. The van der Waals surface area contributed by atoms with E-state index in [0.29, 0.717) is 13.0 Å². The summed E-state index contributed by atoms with van der Waals surface area (Å²) in [5.74, 6) is 0.915. The maximum Gasteiger partial charge on any atom is 0.257 e. The standard InChI is InChI=1S/C23H31N3O4/c1-23(2,3)17-7-11-20(12-8-17)30-15-5-6-21(27)25-26-22(28)16-24-18-9-13-19(29-4)14-10-18/h7-14,24H,5-6,15-16H2,1-4H3,(H,25,27)(H,26,28). The topological polar surface area (TPSA) is 88.7 Å². The lowest BCUT2D eigenvalue weighted by Crippen LogP contribution is -2.44. The third-order valence-electron chi connectivity index (χ3n) is 4.42. The second-order valence-corrected chi connectivity index (χ2v) is 7.90. The molecule has 0 aliphatic carbocycles. The number of rotatable bonds is 9. The number of methoxy groups -OCH3 is 1. The van der Waals surface area contributed by atoms with Crippen LogP contribution in [0.4, 0.5) is 5.69 Å². The van der Waals surface area contributed by atoms with Gasteiger partial charge in [0.2, 0.25) is 5.91 Å². The average Bonchev–Trinajstić information content (AvgIpc) is 2.74. The van der Waals surface area contributed by atoms with Crippen molar-refractivity contribution in [1.29, 1.82) is 0 Å². The maximum absolute atomic E-state index is 11.8. The number of nitrogens with one attached hydrogen (secondary N) is 3. The minimum atomic E-state index is -0.339. The van der Waals surface area contributed by atoms with Crippen molar-refractivity contribution < 1.29 is 19.1 Å². The highest BCUT2D eigenvalue weighted by atomic mass is 16.5. The Bertz CT molecular complexity index is 812. The normalized spacial score (nSPS) is 10.8. The van der Waals surface area contributed by atoms with Gasteiger partial charge >= 0.3 is 0 Å². The molecule has 0 unspecified atom stereocenters. The van der Waals surface area contributed by atoms with Gasteiger partial charge in [-0.05, 0) is 53.8 Å². The van der Waals surface area contributed by atoms with Gasteiger partial charge in [-0.1, -0.05) is 32.9 Å². The van der Waals surface area contributed by atoms with Gasteiger partial charge in [-0.2, -0.15) is 0 Å². The van der Waals surface area contributed by atoms with Gasteiger partial charge < -0.3 is 14.8 Å². The van der Waals surface area contributed by atoms with Gasteiger partial charge in [0, 0.05) is 12.1 Å². The number of ether oxygens (including phenoxy) is 2. The zero-order chi connectivity index (χ0) is 22.0. The summed E-state index contributed by atoms with van der Waals surface area (Å²) in [6, 6.07) is 15.2. The Hall–Kier alpha value is -3.22. The predicted octanol–water partition coefficient (Wildman–Crippen LogP) is 3.41. The first-order valence-electron chi connectivity index (χ1n) is 9.97. The van der Waals surface area contributed by atoms with Crippen LogP contribution in [0.1, 0.15) is 39.2 Å². The zero-order valence-electron chi connectivity index (χ0n) is 18.1. The van der Waals surface area contributed by atoms with Crippen LogP contribution < -0.4 is 25.6 Å². The Morgan fingerprint density at radius 3 is 2.07 bits per heavy atom. The lowest BCUT2D eigenvalue weighted by Gasteiger charge is -2.19. The Balaban J connectivity index is 1.58. The first-order valence-corrected chi connectivity index (χ1v) is 9.97. The fourth-order valence-electron chi connectivity index (χ4n) is 2.61. The molecule has 0 spiro atoms. The number of amides is 2. The van der Waals surface area contributed by atoms with Crippen LogP contribution in [-0.4, -0.2) is 32.1 Å². The first kappa shape index (κ1) is 23.1. The van der Waals surface area contributed by atoms with Gasteiger partial charge in [-0.15, -0.1) is 0 Å². The number of benzene rings is 2. The molecule has 0 aromatic heterocycles. The zero-order valence-corrected chi connectivity index (χ0v) is 18.1. The molecule has 0 saturated carbocycles. The third kappa shape index (κ3) is 8.03. The van der Waals surface area contributed by atoms with E-state index in [0.717, 1.165) is 17.2 Å². The van der Waals surface area contributed by atoms with E-state index in [2.05, 4.69) is 49.1 Å². The number of carbonyl (C=O) groups is 2. The van der Waals surface area contributed by atoms with Crippen LogP contribution in [0.25, 0.3) is 0 Å². The quantitative estimate of drug-likeness (QED) is 0.433. The lowest BCUT2D eigenvalue weighted by atomic mass is 9.87. The van der Waals surface area contributed by atoms with Gasteiger partial charge in [-0.25, -0.2) is 0 Å². The number of hydrogen-bond donors (Lipinski definition) is 3. The van der Waals surface area contributed by atoms with E-state index in [-0.39, 0.29) is 30.2 Å². The smallest absolute Gasteiger partial charge is 0.257 e. The molecule has 0 saturated heterocycles. The summed E-state index contributed by atoms with van der Waals surface area (Å²) in [5.41, 5.74) is 6.92. The van der Waals surface area contributed by atoms with Crippen molar-refractivity contribution in [2.24, 2.45) is 0 Å². The van der Waals surface area contributed by atoms with Crippen LogP contribution in [0, 0.1) is 0 Å². The molecule has 0 aliphatic rings. The molecule has 7 heteroatoms. The summed E-state index contributed by atoms with van der Waals surface area (Å²) >= 11 is 0. The van der Waals surface area contributed by atoms with Crippen LogP contribution >= 0.6 is 0 Å². The molecule has 0 bridgehead atoms. The average molecular weight is 414 g/mol. The summed E-state index contributed by atoms with van der Waals surface area (Å²) in [5, 5.41) is 2.96. The van der Waals surface area contributed by atoms with E-state index in [4.69, 9.17) is 9.47 Å². The van der Waals surface area contributed by atoms with Crippen LogP contribution in [0.15, 0.2) is 48.5 Å². The minimum Gasteiger partial charge on any atom is -0.497 e. The second-order valence-electron chi connectivity index (χ2n) is 7.90. The molecule has 2 aromatic carbocycles. The van der Waals surface area contributed by atoms with Crippen molar-refractivity contribution >= 4 is 17.5 Å². The van der Waals surface area contributed by atoms with Crippen LogP contribution in [0.2, 0.25) is 0 Å². The van der Waals surface area contributed by atoms with Crippen molar-refractivity contribution in [2.45, 2.75) is 39.0 Å². The molecule has 0 heterocycles. The van der Waals surface area contributed by atoms with Gasteiger partial charge in [0.05, 0.1) is 20.3 Å². The molecule has 0 fully saturated rings. The van der Waals surface area contributed by atoms with Crippen molar-refractivity contribution in [1.82, 2.24) is 10.9 Å². The summed E-state index contributed by atoms with van der Waals surface area (Å²) in [4.78, 5) is 23.7. The lowest BCUT2D eigenvalue weighted by molar-refractivity contribution is -0.128. The molecule has 0 radical (unpaired) electrons. The van der Waals surface area contributed by atoms with Crippen molar-refractivity contribution in [3.8, 4) is 11.5 Å². The largest absolute Gasteiger partial charge is 0.497 e. The molecule has 0 aliphatic heterocycles. The van der Waals surface area contributed by atoms with Crippen molar-refractivity contribution in [3.63, 3.8) is 0 Å². The van der Waals surface area contributed by atoms with Crippen LogP contribution in [-0.2, 0) is 15.0 Å².